The topological polar surface area (TPSA) is 70.3 Å². The molecule has 0 aliphatic carbocycles. The van der Waals surface area contributed by atoms with Gasteiger partial charge in [-0.15, -0.1) is 0 Å². The van der Waals surface area contributed by atoms with Crippen LogP contribution in [0.1, 0.15) is 40.5 Å². The molecule has 0 saturated carbocycles. The molecule has 0 radical (unpaired) electrons. The highest BCUT2D eigenvalue weighted by atomic mass is 16.5. The largest absolute Gasteiger partial charge is 0.784 e. The average Bonchev–Trinajstić information content (AvgIpc) is 1.99. The predicted molar refractivity (Wildman–Crippen MR) is 53.2 cm³/mol. The maximum Gasteiger partial charge on any atom is 0.154 e. The Hall–Kier alpha value is -0.630. The van der Waals surface area contributed by atoms with Gasteiger partial charge >= 0.3 is 0 Å². The van der Waals surface area contributed by atoms with Gasteiger partial charge in [-0.05, 0) is 27.7 Å². The molecule has 0 aromatic rings. The molecule has 14 heavy (non-hydrogen) atoms. The monoisotopic (exact) mass is 197 g/mol. The first-order chi connectivity index (χ1) is 6.13. The van der Waals surface area contributed by atoms with Crippen molar-refractivity contribution in [3.8, 4) is 6.07 Å². The normalized spacial score (nSPS) is 29.5. The molecule has 1 aliphatic heterocycles. The number of nitrogens with zero attached hydrogens (tertiary/aromatic N) is 2. The summed E-state index contributed by atoms with van der Waals surface area (Å²) in [4.78, 5) is 0. The van der Waals surface area contributed by atoms with Gasteiger partial charge in [0.15, 0.2) is 5.60 Å². The molecule has 1 rings (SSSR count). The van der Waals surface area contributed by atoms with Crippen LogP contribution < -0.4 is 0 Å². The van der Waals surface area contributed by atoms with Crippen molar-refractivity contribution < 1.29 is 5.11 Å². The van der Waals surface area contributed by atoms with Crippen LogP contribution in [-0.2, 0) is 0 Å². The van der Waals surface area contributed by atoms with Gasteiger partial charge in [0.05, 0.1) is 6.07 Å². The third-order valence-corrected chi connectivity index (χ3v) is 2.76. The first-order valence-electron chi connectivity index (χ1n) is 4.74. The van der Waals surface area contributed by atoms with Crippen molar-refractivity contribution in [1.29, 1.82) is 5.26 Å². The van der Waals surface area contributed by atoms with Crippen LogP contribution in [0.4, 0.5) is 0 Å². The zero-order chi connectivity index (χ0) is 11.2. The van der Waals surface area contributed by atoms with E-state index in [1.807, 2.05) is 6.07 Å². The molecule has 1 N–H and O–H groups in total. The molecular weight excluding hydrogens is 180 g/mol. The molecule has 0 unspecified atom stereocenters. The van der Waals surface area contributed by atoms with E-state index in [-0.39, 0.29) is 12.8 Å². The number of hydroxylamine groups is 2. The molecule has 0 amide bonds. The van der Waals surface area contributed by atoms with Crippen molar-refractivity contribution in [2.45, 2.75) is 57.2 Å². The van der Waals surface area contributed by atoms with Crippen molar-refractivity contribution in [2.75, 3.05) is 0 Å². The predicted octanol–water partition coefficient (Wildman–Crippen LogP) is 1.39. The molecule has 0 aromatic heterocycles. The molecule has 0 aromatic carbocycles. The zero-order valence-electron chi connectivity index (χ0n) is 9.16. The van der Waals surface area contributed by atoms with Crippen molar-refractivity contribution in [3.05, 3.63) is 5.21 Å². The highest BCUT2D eigenvalue weighted by molar-refractivity contribution is 5.14. The van der Waals surface area contributed by atoms with Crippen molar-refractivity contribution in [2.24, 2.45) is 0 Å². The molecule has 0 atom stereocenters. The van der Waals surface area contributed by atoms with Gasteiger partial charge in [-0.25, -0.2) is 0 Å². The van der Waals surface area contributed by atoms with Crippen LogP contribution in [0.3, 0.4) is 0 Å². The van der Waals surface area contributed by atoms with Crippen LogP contribution in [0.2, 0.25) is 0 Å². The molecule has 1 heterocycles. The third kappa shape index (κ3) is 1.76. The fraction of sp³-hybridized carbons (Fsp3) is 0.900. The Labute approximate surface area is 84.7 Å². The fourth-order valence-electron chi connectivity index (χ4n) is 2.54. The van der Waals surface area contributed by atoms with Crippen LogP contribution in [0.25, 0.3) is 0 Å². The number of piperidine rings is 1. The van der Waals surface area contributed by atoms with Crippen LogP contribution in [0.5, 0.6) is 0 Å². The zero-order valence-corrected chi connectivity index (χ0v) is 9.16. The second-order valence-electron chi connectivity index (χ2n) is 5.42. The smallest absolute Gasteiger partial charge is 0.154 e. The first kappa shape index (κ1) is 11.4. The van der Waals surface area contributed by atoms with E-state index in [0.717, 1.165) is 5.06 Å². The molecule has 1 saturated heterocycles. The van der Waals surface area contributed by atoms with Gasteiger partial charge in [0.1, 0.15) is 0 Å². The van der Waals surface area contributed by atoms with Gasteiger partial charge < -0.3 is 15.4 Å². The minimum Gasteiger partial charge on any atom is -0.784 e. The van der Waals surface area contributed by atoms with Gasteiger partial charge in [-0.2, -0.15) is 5.26 Å². The Morgan fingerprint density at radius 1 is 1.21 bits per heavy atom. The van der Waals surface area contributed by atoms with Gasteiger partial charge in [0, 0.05) is 23.9 Å². The lowest BCUT2D eigenvalue weighted by atomic mass is 9.73. The molecule has 4 nitrogen and oxygen atoms in total. The molecule has 0 bridgehead atoms. The quantitative estimate of drug-likeness (QED) is 0.596. The second kappa shape index (κ2) is 2.93. The van der Waals surface area contributed by atoms with E-state index in [9.17, 15) is 10.3 Å². The second-order valence-corrected chi connectivity index (χ2v) is 5.42. The van der Waals surface area contributed by atoms with Gasteiger partial charge in [0.2, 0.25) is 0 Å². The molecule has 4 heteroatoms. The number of aliphatic hydroxyl groups is 1. The van der Waals surface area contributed by atoms with E-state index >= 15 is 0 Å². The Morgan fingerprint density at radius 3 is 1.86 bits per heavy atom. The summed E-state index contributed by atoms with van der Waals surface area (Å²) in [5.41, 5.74) is -2.74. The van der Waals surface area contributed by atoms with Gasteiger partial charge in [-0.1, -0.05) is 0 Å². The fourth-order valence-corrected chi connectivity index (χ4v) is 2.54. The summed E-state index contributed by atoms with van der Waals surface area (Å²) in [5.74, 6) is 0. The van der Waals surface area contributed by atoms with Crippen molar-refractivity contribution >= 4 is 0 Å². The van der Waals surface area contributed by atoms with Crippen molar-refractivity contribution in [1.82, 2.24) is 5.06 Å². The molecular formula is C10H17N2O2-. The minimum atomic E-state index is -1.37. The van der Waals surface area contributed by atoms with E-state index < -0.39 is 16.7 Å². The third-order valence-electron chi connectivity index (χ3n) is 2.76. The number of nitriles is 1. The lowest BCUT2D eigenvalue weighted by Gasteiger charge is -2.60. The van der Waals surface area contributed by atoms with Crippen molar-refractivity contribution in [3.63, 3.8) is 0 Å². The van der Waals surface area contributed by atoms with Crippen LogP contribution in [0, 0.1) is 16.5 Å². The van der Waals surface area contributed by atoms with E-state index in [1.54, 1.807) is 27.7 Å². The summed E-state index contributed by atoms with van der Waals surface area (Å²) in [6.07, 6.45) is 0.396. The summed E-state index contributed by atoms with van der Waals surface area (Å²) >= 11 is 0. The Morgan fingerprint density at radius 2 is 1.57 bits per heavy atom. The van der Waals surface area contributed by atoms with Gasteiger partial charge in [-0.3, -0.25) is 0 Å². The van der Waals surface area contributed by atoms with E-state index in [1.165, 1.54) is 0 Å². The molecule has 0 spiro atoms. The van der Waals surface area contributed by atoms with Crippen LogP contribution >= 0.6 is 0 Å². The molecule has 80 valence electrons. The highest BCUT2D eigenvalue weighted by Crippen LogP contribution is 2.42. The van der Waals surface area contributed by atoms with Gasteiger partial charge in [0.25, 0.3) is 0 Å². The van der Waals surface area contributed by atoms with Crippen LogP contribution in [-0.4, -0.2) is 26.8 Å². The number of rotatable bonds is 0. The standard InChI is InChI=1S/C10H17N2O2/c1-8(2)5-10(13,7-11)6-9(3,4)12(8)14/h13H,5-6H2,1-4H3/q-1. The maximum atomic E-state index is 11.9. The Bertz CT molecular complexity index is 260. The number of hydrogen-bond acceptors (Lipinski definition) is 4. The summed E-state index contributed by atoms with van der Waals surface area (Å²) in [7, 11) is 0. The lowest BCUT2D eigenvalue weighted by Crippen LogP contribution is -2.62. The summed E-state index contributed by atoms with van der Waals surface area (Å²) in [6.45, 7) is 7.01. The van der Waals surface area contributed by atoms with E-state index in [0.29, 0.717) is 0 Å². The highest BCUT2D eigenvalue weighted by Gasteiger charge is 2.47. The van der Waals surface area contributed by atoms with E-state index in [4.69, 9.17) is 5.26 Å². The summed E-state index contributed by atoms with van der Waals surface area (Å²) < 4.78 is 0. The molecule has 1 fully saturated rings. The minimum absolute atomic E-state index is 0.198. The van der Waals surface area contributed by atoms with E-state index in [2.05, 4.69) is 0 Å². The average molecular weight is 197 g/mol. The Balaban J connectivity index is 3.05. The lowest BCUT2D eigenvalue weighted by molar-refractivity contribution is -0.0846. The first-order valence-corrected chi connectivity index (χ1v) is 4.74. The Kier molecular flexibility index (Phi) is 2.39. The maximum absolute atomic E-state index is 11.9. The summed E-state index contributed by atoms with van der Waals surface area (Å²) in [5, 5.41) is 31.7. The molecule has 1 aliphatic rings. The number of hydrogen-bond donors (Lipinski definition) is 1. The van der Waals surface area contributed by atoms with Crippen LogP contribution in [0.15, 0.2) is 0 Å². The summed E-state index contributed by atoms with van der Waals surface area (Å²) in [6, 6.07) is 1.90. The SMILES string of the molecule is CC1(C)CC(O)(C#N)CC(C)(C)N1[O-].